The van der Waals surface area contributed by atoms with Crippen molar-refractivity contribution in [2.24, 2.45) is 0 Å². The molecule has 0 heterocycles. The van der Waals surface area contributed by atoms with Crippen molar-refractivity contribution in [3.05, 3.63) is 0 Å². The molecule has 0 bridgehead atoms. The van der Waals surface area contributed by atoms with Gasteiger partial charge in [-0.3, -0.25) is 0 Å². The Morgan fingerprint density at radius 2 is 1.29 bits per heavy atom. The molecule has 0 atom stereocenters. The second-order valence-corrected chi connectivity index (χ2v) is 1.85. The molecule has 0 spiro atoms. The van der Waals surface area contributed by atoms with Crippen LogP contribution >= 0.6 is 0 Å². The van der Waals surface area contributed by atoms with Gasteiger partial charge in [0, 0.05) is 0 Å². The smallest absolute Gasteiger partial charge is 2.00 e. The van der Waals surface area contributed by atoms with E-state index in [9.17, 15) is 0 Å². The van der Waals surface area contributed by atoms with E-state index in [4.69, 9.17) is 15.9 Å². The van der Waals surface area contributed by atoms with Gasteiger partial charge in [-0.05, 0) is 0 Å². The summed E-state index contributed by atoms with van der Waals surface area (Å²) < 4.78 is 31.9. The van der Waals surface area contributed by atoms with Gasteiger partial charge in [-0.25, -0.2) is 0 Å². The fourth-order valence-corrected chi connectivity index (χ4v) is 0. The summed E-state index contributed by atoms with van der Waals surface area (Å²) in [6.45, 7) is 0. The van der Waals surface area contributed by atoms with Crippen molar-refractivity contribution in [1.82, 2.24) is 0 Å². The van der Waals surface area contributed by atoms with Gasteiger partial charge in [0.1, 0.15) is 0 Å². The topological polar surface area (TPSA) is 74.6 Å². The van der Waals surface area contributed by atoms with Crippen LogP contribution in [0.4, 0.5) is 0 Å². The Morgan fingerprint density at radius 3 is 1.29 bits per heavy atom. The fourth-order valence-electron chi connectivity index (χ4n) is 0. The third kappa shape index (κ3) is 69.6. The van der Waals surface area contributed by atoms with Gasteiger partial charge in [-0.1, -0.05) is 0 Å². The zero-order valence-corrected chi connectivity index (χ0v) is 7.58. The molecule has 7 heteroatoms. The van der Waals surface area contributed by atoms with Crippen LogP contribution in [0.2, 0.25) is 0 Å². The van der Waals surface area contributed by atoms with E-state index in [2.05, 4.69) is 0 Å². The van der Waals surface area contributed by atoms with Crippen molar-refractivity contribution in [2.45, 2.75) is 0 Å². The zero-order chi connectivity index (χ0) is 4.50. The largest absolute Gasteiger partial charge is 2.00 e. The summed E-state index contributed by atoms with van der Waals surface area (Å²) in [5.74, 6) is 0. The minimum atomic E-state index is -5.25. The van der Waals surface area contributed by atoms with Gasteiger partial charge in [0.25, 0.3) is 0 Å². The van der Waals surface area contributed by atoms with Gasteiger partial charge in [0.2, 0.25) is 0 Å². The minimum absolute atomic E-state index is 0. The molecule has 7 heavy (non-hydrogen) atoms. The molecule has 42 valence electrons. The summed E-state index contributed by atoms with van der Waals surface area (Å²) in [6.07, 6.45) is 0. The molecule has 0 rings (SSSR count). The van der Waals surface area contributed by atoms with E-state index < -0.39 is 13.6 Å². The number of hydrogen-bond acceptors (Lipinski definition) is 2. The van der Waals surface area contributed by atoms with Crippen LogP contribution in [0, 0.1) is 0 Å². The van der Waals surface area contributed by atoms with E-state index in [1.165, 1.54) is 0 Å². The van der Waals surface area contributed by atoms with Crippen molar-refractivity contribution < 1.29 is 32.4 Å². The quantitative estimate of drug-likeness (QED) is 0.450. The maximum Gasteiger partial charge on any atom is 2.00 e. The van der Waals surface area contributed by atoms with E-state index in [1.54, 1.807) is 0 Å². The van der Waals surface area contributed by atoms with E-state index >= 15 is 0 Å². The Bertz CT molecular complexity index is 102. The SMILES string of the molecule is [AlH3].[H-].[H-].[O]=[Cr](=[O])([OH])[OH].[Sr+2]. The van der Waals surface area contributed by atoms with Crippen LogP contribution in [0.15, 0.2) is 0 Å². The summed E-state index contributed by atoms with van der Waals surface area (Å²) in [4.78, 5) is 0. The van der Waals surface area contributed by atoms with Crippen LogP contribution in [0.1, 0.15) is 2.85 Å². The summed E-state index contributed by atoms with van der Waals surface area (Å²) in [5.41, 5.74) is 0. The Labute approximate surface area is 93.7 Å². The first-order chi connectivity index (χ1) is 2.00. The Hall–Kier alpha value is 2.07. The predicted molar refractivity (Wildman–Crippen MR) is 23.7 cm³/mol. The molecule has 0 saturated heterocycles. The normalized spacial score (nSPS) is 8.29. The van der Waals surface area contributed by atoms with E-state index in [-0.39, 0.29) is 65.7 Å². The molecule has 4 nitrogen and oxygen atoms in total. The van der Waals surface area contributed by atoms with Crippen LogP contribution in [-0.2, 0) is 21.2 Å². The molecule has 0 saturated carbocycles. The van der Waals surface area contributed by atoms with Crippen LogP contribution in [0.3, 0.4) is 0 Å². The molecule has 0 radical (unpaired) electrons. The van der Waals surface area contributed by atoms with Gasteiger partial charge in [0.05, 0.1) is 0 Å². The summed E-state index contributed by atoms with van der Waals surface area (Å²) >= 11 is -5.25. The second-order valence-electron chi connectivity index (χ2n) is 0.448. The maximum atomic E-state index is 8.82. The fraction of sp³-hybridized carbons (Fsp3) is 0. The average Bonchev–Trinajstić information content (AvgIpc) is 0.722. The first-order valence-corrected chi connectivity index (χ1v) is 2.88. The monoisotopic (exact) mass is 238 g/mol. The minimum Gasteiger partial charge on any atom is 2.00 e. The Balaban J connectivity index is -0.0000000133. The summed E-state index contributed by atoms with van der Waals surface area (Å²) in [7, 11) is 0. The number of hydrogen-bond donors (Lipinski definition) is 2. The molecule has 0 aromatic carbocycles. The van der Waals surface area contributed by atoms with Crippen LogP contribution in [-0.4, -0.2) is 71.2 Å². The molecule has 0 unspecified atom stereocenters. The molecule has 2 N–H and O–H groups in total. The molecular weight excluding hydrogens is 231 g/mol. The first kappa shape index (κ1) is 16.0. The van der Waals surface area contributed by atoms with Crippen molar-refractivity contribution >= 4 is 62.8 Å². The molecule has 0 aromatic heterocycles. The predicted octanol–water partition coefficient (Wildman–Crippen LogP) is -2.69. The molecule has 0 aliphatic heterocycles. The zero-order valence-electron chi connectivity index (χ0n) is 4.83. The molecule has 0 amide bonds. The standard InChI is InChI=1S/Al.Cr.2H2O.2O.Sr.5H/h;;2*1H2;;;;;;;;/q;+2;;;;;+2;;;;2*-1/p-2. The van der Waals surface area contributed by atoms with E-state index in [0.29, 0.717) is 0 Å². The second kappa shape index (κ2) is 6.19. The Morgan fingerprint density at radius 1 is 1.29 bits per heavy atom. The van der Waals surface area contributed by atoms with Crippen LogP contribution < -0.4 is 0 Å². The summed E-state index contributed by atoms with van der Waals surface area (Å²) in [6, 6.07) is 0. The third-order valence-electron chi connectivity index (χ3n) is 0. The third-order valence-corrected chi connectivity index (χ3v) is 0. The van der Waals surface area contributed by atoms with Gasteiger partial charge >= 0.3 is 75.0 Å². The van der Waals surface area contributed by atoms with Gasteiger partial charge in [0.15, 0.2) is 17.4 Å². The molecule has 0 aliphatic carbocycles. The van der Waals surface area contributed by atoms with E-state index in [0.717, 1.165) is 0 Å². The van der Waals surface area contributed by atoms with E-state index in [1.807, 2.05) is 0 Å². The van der Waals surface area contributed by atoms with Gasteiger partial charge < -0.3 is 2.85 Å². The average molecular weight is 238 g/mol. The Kier molecular flexibility index (Phi) is 14.2. The molecule has 0 aromatic rings. The van der Waals surface area contributed by atoms with Gasteiger partial charge in [-0.2, -0.15) is 0 Å². The van der Waals surface area contributed by atoms with Crippen LogP contribution in [0.5, 0.6) is 0 Å². The van der Waals surface area contributed by atoms with Crippen molar-refractivity contribution in [3.8, 4) is 0 Å². The van der Waals surface area contributed by atoms with Crippen molar-refractivity contribution in [3.63, 3.8) is 0 Å². The summed E-state index contributed by atoms with van der Waals surface area (Å²) in [5, 5.41) is 0. The number of rotatable bonds is 0. The van der Waals surface area contributed by atoms with Crippen LogP contribution in [0.25, 0.3) is 0 Å². The molecule has 0 aliphatic rings. The van der Waals surface area contributed by atoms with Crippen molar-refractivity contribution in [2.75, 3.05) is 0 Å². The van der Waals surface area contributed by atoms with Gasteiger partial charge in [-0.15, -0.1) is 0 Å². The van der Waals surface area contributed by atoms with Crippen molar-refractivity contribution in [1.29, 1.82) is 0 Å². The molecule has 0 fully saturated rings. The maximum absolute atomic E-state index is 8.82. The first-order valence-electron chi connectivity index (χ1n) is 0.698. The molecular formula is H7AlCrO4Sr.